The Bertz CT molecular complexity index is 546. The summed E-state index contributed by atoms with van der Waals surface area (Å²) in [5, 5.41) is 10.7. The summed E-state index contributed by atoms with van der Waals surface area (Å²) in [6, 6.07) is 3.19. The van der Waals surface area contributed by atoms with Crippen LogP contribution in [0.5, 0.6) is 0 Å². The van der Waals surface area contributed by atoms with E-state index in [4.69, 9.17) is 22.1 Å². The van der Waals surface area contributed by atoms with E-state index in [1.807, 2.05) is 4.90 Å². The van der Waals surface area contributed by atoms with Crippen molar-refractivity contribution in [1.82, 2.24) is 0 Å². The number of carbonyl (C=O) groups excluding carboxylic acids is 1. The molecule has 1 unspecified atom stereocenters. The number of piperidine rings is 1. The van der Waals surface area contributed by atoms with E-state index >= 15 is 0 Å². The molecule has 0 saturated carbocycles. The highest BCUT2D eigenvalue weighted by atomic mass is 35.5. The molecule has 1 aliphatic rings. The number of anilines is 2. The number of hydrogen-bond acceptors (Lipinski definition) is 5. The predicted molar refractivity (Wildman–Crippen MR) is 83.9 cm³/mol. The molecule has 5 nitrogen and oxygen atoms in total. The van der Waals surface area contributed by atoms with Crippen molar-refractivity contribution in [1.29, 1.82) is 0 Å². The third-order valence-corrected chi connectivity index (χ3v) is 3.86. The summed E-state index contributed by atoms with van der Waals surface area (Å²) in [5.41, 5.74) is 6.33. The van der Waals surface area contributed by atoms with Gasteiger partial charge in [0.15, 0.2) is 0 Å². The fraction of sp³-hybridized carbons (Fsp3) is 0.533. The second-order valence-corrected chi connectivity index (χ2v) is 6.05. The quantitative estimate of drug-likeness (QED) is 0.662. The van der Waals surface area contributed by atoms with Crippen LogP contribution in [0.2, 0.25) is 5.02 Å². The molecule has 1 atom stereocenters. The van der Waals surface area contributed by atoms with Crippen molar-refractivity contribution in [2.24, 2.45) is 0 Å². The number of aliphatic hydroxyl groups is 1. The van der Waals surface area contributed by atoms with Crippen LogP contribution in [0.3, 0.4) is 0 Å². The summed E-state index contributed by atoms with van der Waals surface area (Å²) in [6.07, 6.45) is 1.56. The van der Waals surface area contributed by atoms with Gasteiger partial charge in [0.25, 0.3) is 0 Å². The zero-order valence-corrected chi connectivity index (χ0v) is 13.1. The molecule has 6 heteroatoms. The molecule has 1 aromatic carbocycles. The Morgan fingerprint density at radius 3 is 2.90 bits per heavy atom. The summed E-state index contributed by atoms with van der Waals surface area (Å²) < 4.78 is 5.08. The molecule has 1 aromatic rings. The number of β-amino-alcohol motifs (C(OH)–C–C–N with tert-alkyl or cyclic N) is 1. The summed E-state index contributed by atoms with van der Waals surface area (Å²) in [6.45, 7) is 4.96. The summed E-state index contributed by atoms with van der Waals surface area (Å²) >= 11 is 6.29. The van der Waals surface area contributed by atoms with Gasteiger partial charge in [-0.3, -0.25) is 0 Å². The minimum absolute atomic E-state index is 0.280. The van der Waals surface area contributed by atoms with Crippen LogP contribution >= 0.6 is 11.6 Å². The first kappa shape index (κ1) is 15.9. The van der Waals surface area contributed by atoms with Gasteiger partial charge in [0.1, 0.15) is 0 Å². The molecule has 116 valence electrons. The van der Waals surface area contributed by atoms with E-state index in [-0.39, 0.29) is 6.61 Å². The fourth-order valence-corrected chi connectivity index (χ4v) is 3.06. The third kappa shape index (κ3) is 3.60. The molecule has 0 spiro atoms. The van der Waals surface area contributed by atoms with Gasteiger partial charge in [-0.05, 0) is 38.8 Å². The lowest BCUT2D eigenvalue weighted by molar-refractivity contribution is 0.0440. The van der Waals surface area contributed by atoms with Gasteiger partial charge < -0.3 is 20.5 Å². The van der Waals surface area contributed by atoms with Crippen LogP contribution in [0.15, 0.2) is 12.1 Å². The lowest BCUT2D eigenvalue weighted by atomic mass is 9.94. The number of benzene rings is 1. The molecule has 2 rings (SSSR count). The molecule has 1 aliphatic heterocycles. The number of hydrogen-bond donors (Lipinski definition) is 2. The summed E-state index contributed by atoms with van der Waals surface area (Å²) in [7, 11) is 0. The van der Waals surface area contributed by atoms with E-state index in [0.717, 1.165) is 19.4 Å². The summed E-state index contributed by atoms with van der Waals surface area (Å²) in [5.74, 6) is -0.452. The Morgan fingerprint density at radius 2 is 2.29 bits per heavy atom. The zero-order valence-electron chi connectivity index (χ0n) is 12.4. The Balaban J connectivity index is 2.44. The molecule has 1 heterocycles. The molecular weight excluding hydrogens is 292 g/mol. The molecule has 3 N–H and O–H groups in total. The number of halogens is 1. The Kier molecular flexibility index (Phi) is 4.64. The molecular formula is C15H21ClN2O3. The van der Waals surface area contributed by atoms with Gasteiger partial charge in [-0.15, -0.1) is 0 Å². The number of ether oxygens (including phenoxy) is 1. The second kappa shape index (κ2) is 6.12. The van der Waals surface area contributed by atoms with Crippen molar-refractivity contribution < 1.29 is 14.6 Å². The van der Waals surface area contributed by atoms with E-state index in [1.165, 1.54) is 0 Å². The van der Waals surface area contributed by atoms with Gasteiger partial charge in [0.05, 0.1) is 28.5 Å². The predicted octanol–water partition coefficient (Wildman–Crippen LogP) is 2.45. The van der Waals surface area contributed by atoms with Crippen LogP contribution in [-0.2, 0) is 4.74 Å². The van der Waals surface area contributed by atoms with Gasteiger partial charge in [0.2, 0.25) is 0 Å². The summed E-state index contributed by atoms with van der Waals surface area (Å²) in [4.78, 5) is 14.1. The highest BCUT2D eigenvalue weighted by molar-refractivity contribution is 6.34. The molecule has 0 aromatic heterocycles. The maximum atomic E-state index is 12.1. The highest BCUT2D eigenvalue weighted by Crippen LogP contribution is 2.36. The molecule has 0 aliphatic carbocycles. The van der Waals surface area contributed by atoms with Crippen LogP contribution in [0, 0.1) is 0 Å². The molecule has 1 fully saturated rings. The maximum absolute atomic E-state index is 12.1. The van der Waals surface area contributed by atoms with Crippen molar-refractivity contribution >= 4 is 28.9 Å². The van der Waals surface area contributed by atoms with E-state index in [2.05, 4.69) is 0 Å². The highest BCUT2D eigenvalue weighted by Gasteiger charge is 2.31. The van der Waals surface area contributed by atoms with Crippen LogP contribution in [-0.4, -0.2) is 36.4 Å². The van der Waals surface area contributed by atoms with E-state index < -0.39 is 11.6 Å². The van der Waals surface area contributed by atoms with Gasteiger partial charge in [-0.25, -0.2) is 4.79 Å². The molecule has 1 saturated heterocycles. The molecule has 21 heavy (non-hydrogen) atoms. The smallest absolute Gasteiger partial charge is 0.340 e. The number of rotatable bonds is 3. The lowest BCUT2D eigenvalue weighted by Gasteiger charge is -2.39. The Hall–Kier alpha value is -1.46. The average Bonchev–Trinajstić information content (AvgIpc) is 2.36. The number of carbonyl (C=O) groups is 1. The largest absolute Gasteiger partial charge is 0.462 e. The number of esters is 1. The van der Waals surface area contributed by atoms with Crippen molar-refractivity contribution in [3.63, 3.8) is 0 Å². The van der Waals surface area contributed by atoms with E-state index in [1.54, 1.807) is 26.0 Å². The monoisotopic (exact) mass is 312 g/mol. The first-order valence-electron chi connectivity index (χ1n) is 7.07. The molecule has 0 bridgehead atoms. The lowest BCUT2D eigenvalue weighted by Crippen LogP contribution is -2.46. The topological polar surface area (TPSA) is 75.8 Å². The van der Waals surface area contributed by atoms with Crippen LogP contribution in [0.25, 0.3) is 0 Å². The first-order chi connectivity index (χ1) is 9.84. The first-order valence-corrected chi connectivity index (χ1v) is 7.45. The van der Waals surface area contributed by atoms with Gasteiger partial charge in [-0.1, -0.05) is 11.6 Å². The SMILES string of the molecule is CCOC(=O)c1cc(N)cc(Cl)c1N1CCCC(C)(O)C1. The van der Waals surface area contributed by atoms with Crippen LogP contribution in [0.1, 0.15) is 37.0 Å². The van der Waals surface area contributed by atoms with E-state index in [0.29, 0.717) is 28.5 Å². The van der Waals surface area contributed by atoms with Gasteiger partial charge in [0, 0.05) is 18.8 Å². The van der Waals surface area contributed by atoms with Crippen LogP contribution < -0.4 is 10.6 Å². The molecule has 0 amide bonds. The second-order valence-electron chi connectivity index (χ2n) is 5.64. The van der Waals surface area contributed by atoms with Crippen molar-refractivity contribution in [3.8, 4) is 0 Å². The van der Waals surface area contributed by atoms with Crippen molar-refractivity contribution in [2.75, 3.05) is 30.3 Å². The fourth-order valence-electron chi connectivity index (χ4n) is 2.72. The normalized spacial score (nSPS) is 22.2. The average molecular weight is 313 g/mol. The van der Waals surface area contributed by atoms with Crippen molar-refractivity contribution in [3.05, 3.63) is 22.7 Å². The maximum Gasteiger partial charge on any atom is 0.340 e. The minimum Gasteiger partial charge on any atom is -0.462 e. The Labute approximate surface area is 129 Å². The Morgan fingerprint density at radius 1 is 1.57 bits per heavy atom. The zero-order chi connectivity index (χ0) is 15.6. The van der Waals surface area contributed by atoms with E-state index in [9.17, 15) is 9.90 Å². The van der Waals surface area contributed by atoms with Gasteiger partial charge in [-0.2, -0.15) is 0 Å². The third-order valence-electron chi connectivity index (χ3n) is 3.57. The standard InChI is InChI=1S/C15H21ClN2O3/c1-3-21-14(19)11-7-10(17)8-12(16)13(11)18-6-4-5-15(2,20)9-18/h7-8,20H,3-6,9,17H2,1-2H3. The van der Waals surface area contributed by atoms with Gasteiger partial charge >= 0.3 is 5.97 Å². The number of nitrogen functional groups attached to an aromatic ring is 1. The number of nitrogens with zero attached hydrogens (tertiary/aromatic N) is 1. The van der Waals surface area contributed by atoms with Crippen LogP contribution in [0.4, 0.5) is 11.4 Å². The van der Waals surface area contributed by atoms with Crippen molar-refractivity contribution in [2.45, 2.75) is 32.3 Å². The minimum atomic E-state index is -0.797. The number of nitrogens with two attached hydrogens (primary N) is 1. The molecule has 0 radical (unpaired) electrons.